The zero-order valence-corrected chi connectivity index (χ0v) is 17.8. The average molecular weight is 443 g/mol. The average Bonchev–Trinajstić information content (AvgIpc) is 2.77. The summed E-state index contributed by atoms with van der Waals surface area (Å²) in [4.78, 5) is 23.0. The summed E-state index contributed by atoms with van der Waals surface area (Å²) in [5.74, 6) is -0.378. The topological polar surface area (TPSA) is 88.6 Å². The lowest BCUT2D eigenvalue weighted by Crippen LogP contribution is -2.32. The van der Waals surface area contributed by atoms with E-state index >= 15 is 0 Å². The molecule has 2 aromatic carbocycles. The van der Waals surface area contributed by atoms with Crippen LogP contribution >= 0.6 is 0 Å². The van der Waals surface area contributed by atoms with Crippen LogP contribution in [0.1, 0.15) is 6.92 Å². The molecule has 0 fully saturated rings. The Kier molecular flexibility index (Phi) is 7.50. The summed E-state index contributed by atoms with van der Waals surface area (Å²) in [6.07, 6.45) is 1.48. The van der Waals surface area contributed by atoms with E-state index in [1.807, 2.05) is 6.92 Å². The van der Waals surface area contributed by atoms with Crippen LogP contribution in [-0.4, -0.2) is 42.9 Å². The predicted octanol–water partition coefficient (Wildman–Crippen LogP) is 4.58. The van der Waals surface area contributed by atoms with E-state index in [1.165, 1.54) is 24.3 Å². The molecule has 0 radical (unpaired) electrons. The molecule has 0 aliphatic carbocycles. The number of benzene rings is 2. The van der Waals surface area contributed by atoms with Gasteiger partial charge in [0.05, 0.1) is 25.1 Å². The van der Waals surface area contributed by atoms with Gasteiger partial charge in [0.1, 0.15) is 23.2 Å². The monoisotopic (exact) mass is 443 g/mol. The molecular weight excluding hydrogens is 420 g/mol. The molecule has 0 aliphatic heterocycles. The minimum absolute atomic E-state index is 0.0834. The van der Waals surface area contributed by atoms with Crippen LogP contribution in [0.4, 0.5) is 36.7 Å². The number of carbonyl (C=O) groups is 1. The van der Waals surface area contributed by atoms with Crippen LogP contribution in [0.25, 0.3) is 0 Å². The van der Waals surface area contributed by atoms with Crippen LogP contribution in [0.2, 0.25) is 0 Å². The van der Waals surface area contributed by atoms with Crippen LogP contribution in [0.3, 0.4) is 0 Å². The number of halogens is 2. The van der Waals surface area contributed by atoms with Crippen molar-refractivity contribution in [1.82, 2.24) is 9.97 Å². The van der Waals surface area contributed by atoms with Crippen molar-refractivity contribution in [3.63, 3.8) is 0 Å². The van der Waals surface area contributed by atoms with Gasteiger partial charge in [0.15, 0.2) is 0 Å². The molecule has 32 heavy (non-hydrogen) atoms. The molecule has 1 unspecified atom stereocenters. The third-order valence-corrected chi connectivity index (χ3v) is 4.37. The molecule has 0 spiro atoms. The lowest BCUT2D eigenvalue weighted by Gasteiger charge is -2.23. The van der Waals surface area contributed by atoms with E-state index in [0.29, 0.717) is 18.0 Å². The van der Waals surface area contributed by atoms with Gasteiger partial charge in [-0.25, -0.2) is 23.5 Å². The Balaban J connectivity index is 1.97. The molecule has 3 rings (SSSR count). The first-order valence-corrected chi connectivity index (χ1v) is 9.70. The fourth-order valence-corrected chi connectivity index (χ4v) is 2.90. The van der Waals surface area contributed by atoms with Gasteiger partial charge in [-0.1, -0.05) is 0 Å². The second kappa shape index (κ2) is 10.5. The van der Waals surface area contributed by atoms with E-state index in [2.05, 4.69) is 20.6 Å². The minimum atomic E-state index is -0.770. The number of carbonyl (C=O) groups excluding carboxylic acids is 1. The van der Waals surface area contributed by atoms with Crippen LogP contribution in [-0.2, 0) is 4.74 Å². The highest BCUT2D eigenvalue weighted by Gasteiger charge is 2.22. The van der Waals surface area contributed by atoms with E-state index in [0.717, 1.165) is 18.2 Å². The summed E-state index contributed by atoms with van der Waals surface area (Å²) in [7, 11) is 3.10. The van der Waals surface area contributed by atoms with Gasteiger partial charge in [-0.15, -0.1) is 0 Å². The molecule has 3 aromatic rings. The number of nitrogens with one attached hydrogen (secondary N) is 2. The van der Waals surface area contributed by atoms with E-state index in [1.54, 1.807) is 31.4 Å². The number of anilines is 4. The molecule has 2 N–H and O–H groups in total. The first kappa shape index (κ1) is 22.9. The Labute approximate surface area is 184 Å². The smallest absolute Gasteiger partial charge is 0.332 e. The highest BCUT2D eigenvalue weighted by molar-refractivity contribution is 6.06. The highest BCUT2D eigenvalue weighted by Crippen LogP contribution is 2.28. The van der Waals surface area contributed by atoms with E-state index in [-0.39, 0.29) is 23.5 Å². The molecule has 0 bridgehead atoms. The van der Waals surface area contributed by atoms with Gasteiger partial charge in [-0.05, 0) is 43.3 Å². The second-order valence-electron chi connectivity index (χ2n) is 6.83. The molecule has 1 atom stereocenters. The number of nitrogens with zero attached hydrogens (tertiary/aromatic N) is 3. The molecule has 0 saturated carbocycles. The maximum Gasteiger partial charge on any atom is 0.332 e. The number of aromatic nitrogens is 2. The van der Waals surface area contributed by atoms with E-state index < -0.39 is 17.7 Å². The second-order valence-corrected chi connectivity index (χ2v) is 6.83. The number of hydrogen-bond acceptors (Lipinski definition) is 6. The third kappa shape index (κ3) is 5.67. The van der Waals surface area contributed by atoms with Gasteiger partial charge in [0, 0.05) is 31.5 Å². The van der Waals surface area contributed by atoms with Crippen LogP contribution in [0, 0.1) is 11.6 Å². The lowest BCUT2D eigenvalue weighted by molar-refractivity contribution is 0.190. The fourth-order valence-electron chi connectivity index (χ4n) is 2.90. The number of amides is 2. The Hall–Kier alpha value is -3.79. The Morgan fingerprint density at radius 1 is 1.12 bits per heavy atom. The lowest BCUT2D eigenvalue weighted by atomic mass is 10.2. The van der Waals surface area contributed by atoms with Crippen molar-refractivity contribution in [2.75, 3.05) is 36.4 Å². The standard InChI is InChI=1S/C22H23F2N5O3/c1-14(13-31-2)26-21-25-11-10-20(28-21)29(16-5-7-17(32-3)8-6-16)22(30)27-19-12-15(23)4-9-18(19)24/h4-12,14H,13H2,1-3H3,(H,27,30)(H,25,26,28). The van der Waals surface area contributed by atoms with Crippen molar-refractivity contribution in [3.05, 3.63) is 66.4 Å². The van der Waals surface area contributed by atoms with Crippen molar-refractivity contribution in [1.29, 1.82) is 0 Å². The fraction of sp³-hybridized carbons (Fsp3) is 0.227. The maximum absolute atomic E-state index is 14.1. The van der Waals surface area contributed by atoms with Gasteiger partial charge in [0.2, 0.25) is 5.95 Å². The number of urea groups is 1. The van der Waals surface area contributed by atoms with Gasteiger partial charge in [-0.3, -0.25) is 0 Å². The van der Waals surface area contributed by atoms with Crippen molar-refractivity contribution >= 4 is 29.2 Å². The van der Waals surface area contributed by atoms with Gasteiger partial charge in [-0.2, -0.15) is 4.98 Å². The Bertz CT molecular complexity index is 1070. The molecule has 0 saturated heterocycles. The van der Waals surface area contributed by atoms with Crippen molar-refractivity contribution in [2.24, 2.45) is 0 Å². The molecule has 2 amide bonds. The number of hydrogen-bond donors (Lipinski definition) is 2. The zero-order valence-electron chi connectivity index (χ0n) is 17.8. The van der Waals surface area contributed by atoms with Crippen LogP contribution in [0.15, 0.2) is 54.7 Å². The summed E-state index contributed by atoms with van der Waals surface area (Å²) < 4.78 is 38.0. The summed E-state index contributed by atoms with van der Waals surface area (Å²) in [6.45, 7) is 2.31. The predicted molar refractivity (Wildman–Crippen MR) is 118 cm³/mol. The van der Waals surface area contributed by atoms with Gasteiger partial charge >= 0.3 is 6.03 Å². The summed E-state index contributed by atoms with van der Waals surface area (Å²) >= 11 is 0. The Morgan fingerprint density at radius 3 is 2.56 bits per heavy atom. The molecule has 168 valence electrons. The maximum atomic E-state index is 14.1. The number of ether oxygens (including phenoxy) is 2. The van der Waals surface area contributed by atoms with Crippen molar-refractivity contribution in [3.8, 4) is 5.75 Å². The largest absolute Gasteiger partial charge is 0.497 e. The van der Waals surface area contributed by atoms with Crippen molar-refractivity contribution in [2.45, 2.75) is 13.0 Å². The summed E-state index contributed by atoms with van der Waals surface area (Å²) in [6, 6.07) is 10.1. The normalized spacial score (nSPS) is 11.5. The first-order valence-electron chi connectivity index (χ1n) is 9.70. The quantitative estimate of drug-likeness (QED) is 0.530. The molecule has 0 aliphatic rings. The minimum Gasteiger partial charge on any atom is -0.497 e. The molecule has 1 aromatic heterocycles. The van der Waals surface area contributed by atoms with Crippen LogP contribution in [0.5, 0.6) is 5.75 Å². The van der Waals surface area contributed by atoms with E-state index in [4.69, 9.17) is 9.47 Å². The van der Waals surface area contributed by atoms with Crippen LogP contribution < -0.4 is 20.3 Å². The van der Waals surface area contributed by atoms with Crippen molar-refractivity contribution < 1.29 is 23.0 Å². The highest BCUT2D eigenvalue weighted by atomic mass is 19.1. The van der Waals surface area contributed by atoms with Gasteiger partial charge < -0.3 is 20.1 Å². The SMILES string of the molecule is COCC(C)Nc1nccc(N(C(=O)Nc2cc(F)ccc2F)c2ccc(OC)cc2)n1. The molecule has 8 nitrogen and oxygen atoms in total. The zero-order chi connectivity index (χ0) is 23.1. The number of rotatable bonds is 8. The molecule has 10 heteroatoms. The summed E-state index contributed by atoms with van der Waals surface area (Å²) in [5.41, 5.74) is 0.129. The number of methoxy groups -OCH3 is 2. The summed E-state index contributed by atoms with van der Waals surface area (Å²) in [5, 5.41) is 5.47. The molecular formula is C22H23F2N5O3. The van der Waals surface area contributed by atoms with E-state index in [9.17, 15) is 13.6 Å². The molecule has 1 heterocycles. The van der Waals surface area contributed by atoms with Gasteiger partial charge in [0.25, 0.3) is 0 Å². The first-order chi connectivity index (χ1) is 15.4. The third-order valence-electron chi connectivity index (χ3n) is 4.37. The Morgan fingerprint density at radius 2 is 1.88 bits per heavy atom.